The molecule has 0 aliphatic carbocycles. The van der Waals surface area contributed by atoms with Crippen molar-refractivity contribution in [2.75, 3.05) is 5.73 Å². The molecule has 1 heterocycles. The van der Waals surface area contributed by atoms with Crippen molar-refractivity contribution in [1.82, 2.24) is 5.43 Å². The van der Waals surface area contributed by atoms with Gasteiger partial charge in [-0.3, -0.25) is 0 Å². The van der Waals surface area contributed by atoms with Crippen molar-refractivity contribution in [2.24, 2.45) is 5.10 Å². The number of nitrogen functional groups attached to an aromatic ring is 1. The van der Waals surface area contributed by atoms with Crippen LogP contribution in [-0.4, -0.2) is 6.21 Å². The van der Waals surface area contributed by atoms with Crippen LogP contribution in [0.3, 0.4) is 0 Å². The predicted molar refractivity (Wildman–Crippen MR) is 49.5 cm³/mol. The van der Waals surface area contributed by atoms with Crippen LogP contribution >= 0.6 is 0 Å². The maximum Gasteiger partial charge on any atom is 0.0591 e. The average Bonchev–Trinajstić information content (AvgIpc) is 2.57. The Kier molecular flexibility index (Phi) is 1.55. The largest absolute Gasteiger partial charge is 0.398 e. The third-order valence-corrected chi connectivity index (χ3v) is 1.73. The minimum Gasteiger partial charge on any atom is -0.398 e. The molecule has 0 spiro atoms. The summed E-state index contributed by atoms with van der Waals surface area (Å²) in [4.78, 5) is 0. The standard InChI is InChI=1S/C9H8N3/c10-9-4-2-1-3-8(9)7-5-11-12-6-7/h1-6H,10H2. The summed E-state index contributed by atoms with van der Waals surface area (Å²) in [5.74, 6) is 0. The van der Waals surface area contributed by atoms with Crippen LogP contribution in [0.2, 0.25) is 0 Å². The summed E-state index contributed by atoms with van der Waals surface area (Å²) in [6.07, 6.45) is 3.40. The summed E-state index contributed by atoms with van der Waals surface area (Å²) in [5.41, 5.74) is 12.2. The summed E-state index contributed by atoms with van der Waals surface area (Å²) >= 11 is 0. The number of benzene rings is 1. The Balaban J connectivity index is 2.46. The van der Waals surface area contributed by atoms with Gasteiger partial charge in [-0.05, 0) is 6.07 Å². The Labute approximate surface area is 70.6 Å². The summed E-state index contributed by atoms with van der Waals surface area (Å²) in [5, 5.41) is 3.73. The fraction of sp³-hybridized carbons (Fsp3) is 0. The lowest BCUT2D eigenvalue weighted by molar-refractivity contribution is 0.977. The second kappa shape index (κ2) is 2.70. The lowest BCUT2D eigenvalue weighted by Gasteiger charge is -2.01. The third kappa shape index (κ3) is 1.05. The molecule has 59 valence electrons. The number of hydrogen-bond donors (Lipinski definition) is 1. The molecule has 1 aromatic carbocycles. The molecule has 1 aliphatic heterocycles. The number of allylic oxidation sites excluding steroid dienone is 1. The molecule has 1 aromatic rings. The van der Waals surface area contributed by atoms with E-state index in [-0.39, 0.29) is 0 Å². The van der Waals surface area contributed by atoms with Gasteiger partial charge in [0.15, 0.2) is 0 Å². The van der Waals surface area contributed by atoms with Gasteiger partial charge in [-0.2, -0.15) is 10.5 Å². The molecule has 1 aliphatic rings. The molecule has 0 fully saturated rings. The molecule has 0 saturated carbocycles. The van der Waals surface area contributed by atoms with Crippen molar-refractivity contribution in [2.45, 2.75) is 0 Å². The SMILES string of the molecule is Nc1ccccc1C1=C[N]N=C1. The van der Waals surface area contributed by atoms with E-state index < -0.39 is 0 Å². The Morgan fingerprint density at radius 2 is 2.00 bits per heavy atom. The van der Waals surface area contributed by atoms with Gasteiger partial charge in [0.2, 0.25) is 0 Å². The number of anilines is 1. The zero-order valence-corrected chi connectivity index (χ0v) is 6.44. The van der Waals surface area contributed by atoms with Gasteiger partial charge in [-0.25, -0.2) is 0 Å². The Morgan fingerprint density at radius 1 is 1.17 bits per heavy atom. The van der Waals surface area contributed by atoms with Crippen LogP contribution in [0.1, 0.15) is 5.56 Å². The molecule has 2 N–H and O–H groups in total. The van der Waals surface area contributed by atoms with E-state index in [0.717, 1.165) is 16.8 Å². The predicted octanol–water partition coefficient (Wildman–Crippen LogP) is 1.21. The monoisotopic (exact) mass is 158 g/mol. The van der Waals surface area contributed by atoms with Crippen LogP contribution in [0.5, 0.6) is 0 Å². The normalized spacial score (nSPS) is 14.2. The van der Waals surface area contributed by atoms with Gasteiger partial charge in [-0.1, -0.05) is 18.2 Å². The van der Waals surface area contributed by atoms with Gasteiger partial charge in [-0.15, -0.1) is 0 Å². The second-order valence-corrected chi connectivity index (χ2v) is 2.53. The van der Waals surface area contributed by atoms with E-state index in [9.17, 15) is 0 Å². The van der Waals surface area contributed by atoms with E-state index in [4.69, 9.17) is 5.73 Å². The van der Waals surface area contributed by atoms with Gasteiger partial charge in [0, 0.05) is 16.8 Å². The minimum absolute atomic E-state index is 0.757. The van der Waals surface area contributed by atoms with Gasteiger partial charge >= 0.3 is 0 Å². The van der Waals surface area contributed by atoms with E-state index in [0.29, 0.717) is 0 Å². The molecule has 0 unspecified atom stereocenters. The number of nitrogens with zero attached hydrogens (tertiary/aromatic N) is 2. The molecular formula is C9H8N3. The molecule has 1 radical (unpaired) electrons. The van der Waals surface area contributed by atoms with Crippen LogP contribution < -0.4 is 11.2 Å². The lowest BCUT2D eigenvalue weighted by Crippen LogP contribution is -1.92. The summed E-state index contributed by atoms with van der Waals surface area (Å²) in [6, 6.07) is 7.66. The van der Waals surface area contributed by atoms with Crippen LogP contribution in [0.4, 0.5) is 5.69 Å². The van der Waals surface area contributed by atoms with E-state index in [2.05, 4.69) is 10.5 Å². The smallest absolute Gasteiger partial charge is 0.0591 e. The number of para-hydroxylation sites is 1. The highest BCUT2D eigenvalue weighted by molar-refractivity contribution is 6.12. The number of nitrogens with two attached hydrogens (primary N) is 1. The molecule has 3 heteroatoms. The first-order valence-electron chi connectivity index (χ1n) is 3.66. The first kappa shape index (κ1) is 6.91. The highest BCUT2D eigenvalue weighted by Gasteiger charge is 2.05. The lowest BCUT2D eigenvalue weighted by atomic mass is 10.1. The third-order valence-electron chi connectivity index (χ3n) is 1.73. The fourth-order valence-electron chi connectivity index (χ4n) is 1.12. The second-order valence-electron chi connectivity index (χ2n) is 2.53. The molecule has 2 rings (SSSR count). The topological polar surface area (TPSA) is 52.5 Å². The molecule has 0 amide bonds. The quantitative estimate of drug-likeness (QED) is 0.614. The maximum absolute atomic E-state index is 5.76. The van der Waals surface area contributed by atoms with Gasteiger partial charge in [0.1, 0.15) is 0 Å². The molecule has 0 atom stereocenters. The molecule has 3 nitrogen and oxygen atoms in total. The Hall–Kier alpha value is -1.77. The summed E-state index contributed by atoms with van der Waals surface area (Å²) in [6.45, 7) is 0. The zero-order valence-electron chi connectivity index (χ0n) is 6.44. The van der Waals surface area contributed by atoms with Crippen molar-refractivity contribution in [3.63, 3.8) is 0 Å². The van der Waals surface area contributed by atoms with Crippen LogP contribution in [-0.2, 0) is 0 Å². The molecule has 0 aromatic heterocycles. The van der Waals surface area contributed by atoms with Crippen molar-refractivity contribution in [3.05, 3.63) is 36.0 Å². The Morgan fingerprint density at radius 3 is 2.67 bits per heavy atom. The first-order chi connectivity index (χ1) is 5.88. The van der Waals surface area contributed by atoms with Crippen molar-refractivity contribution in [3.8, 4) is 0 Å². The number of rotatable bonds is 1. The highest BCUT2D eigenvalue weighted by atomic mass is 15.3. The first-order valence-corrected chi connectivity index (χ1v) is 3.66. The highest BCUT2D eigenvalue weighted by Crippen LogP contribution is 2.20. The summed E-state index contributed by atoms with van der Waals surface area (Å²) < 4.78 is 0. The van der Waals surface area contributed by atoms with Crippen LogP contribution in [0, 0.1) is 0 Å². The maximum atomic E-state index is 5.76. The molecule has 0 saturated heterocycles. The van der Waals surface area contributed by atoms with Crippen LogP contribution in [0.25, 0.3) is 5.57 Å². The zero-order chi connectivity index (χ0) is 8.39. The van der Waals surface area contributed by atoms with Gasteiger partial charge in [0.05, 0.1) is 12.4 Å². The minimum atomic E-state index is 0.757. The molecule has 12 heavy (non-hydrogen) atoms. The van der Waals surface area contributed by atoms with E-state index in [1.807, 2.05) is 24.3 Å². The molecule has 0 bridgehead atoms. The van der Waals surface area contributed by atoms with Crippen molar-refractivity contribution < 1.29 is 0 Å². The van der Waals surface area contributed by atoms with Crippen LogP contribution in [0.15, 0.2) is 35.6 Å². The van der Waals surface area contributed by atoms with Gasteiger partial charge in [0.25, 0.3) is 0 Å². The van der Waals surface area contributed by atoms with Crippen molar-refractivity contribution >= 4 is 17.5 Å². The molecular weight excluding hydrogens is 150 g/mol. The van der Waals surface area contributed by atoms with Gasteiger partial charge < -0.3 is 5.73 Å². The fourth-order valence-corrected chi connectivity index (χ4v) is 1.12. The van der Waals surface area contributed by atoms with E-state index >= 15 is 0 Å². The van der Waals surface area contributed by atoms with Crippen molar-refractivity contribution in [1.29, 1.82) is 0 Å². The number of hydrogen-bond acceptors (Lipinski definition) is 2. The average molecular weight is 158 g/mol. The Bertz CT molecular complexity index is 353. The summed E-state index contributed by atoms with van der Waals surface area (Å²) in [7, 11) is 0. The van der Waals surface area contributed by atoms with E-state index in [1.54, 1.807) is 12.4 Å². The van der Waals surface area contributed by atoms with E-state index in [1.165, 1.54) is 0 Å².